The lowest BCUT2D eigenvalue weighted by molar-refractivity contribution is -0.113. The maximum Gasteiger partial charge on any atom is 0.290 e. The molecule has 0 aliphatic rings. The van der Waals surface area contributed by atoms with Crippen molar-refractivity contribution in [2.75, 3.05) is 18.2 Å². The van der Waals surface area contributed by atoms with Crippen molar-refractivity contribution in [3.63, 3.8) is 0 Å². The number of benzene rings is 1. The minimum Gasteiger partial charge on any atom is -0.497 e. The lowest BCUT2D eigenvalue weighted by Crippen LogP contribution is -2.17. The second kappa shape index (κ2) is 7.61. The van der Waals surface area contributed by atoms with Crippen LogP contribution in [-0.2, 0) is 4.79 Å². The maximum absolute atomic E-state index is 12.3. The van der Waals surface area contributed by atoms with Gasteiger partial charge in [0.05, 0.1) is 19.1 Å². The highest BCUT2D eigenvalue weighted by Gasteiger charge is 2.15. The average molecular weight is 397 g/mol. The molecule has 28 heavy (non-hydrogen) atoms. The summed E-state index contributed by atoms with van der Waals surface area (Å²) in [4.78, 5) is 24.3. The molecule has 0 saturated heterocycles. The number of furan rings is 1. The van der Waals surface area contributed by atoms with E-state index in [1.807, 2.05) is 0 Å². The summed E-state index contributed by atoms with van der Waals surface area (Å²) < 4.78 is 11.9. The molecule has 4 aromatic rings. The summed E-state index contributed by atoms with van der Waals surface area (Å²) in [6.45, 7) is 0. The van der Waals surface area contributed by atoms with Crippen molar-refractivity contribution in [3.05, 3.63) is 59.1 Å². The number of ether oxygens (including phenoxy) is 1. The maximum atomic E-state index is 12.3. The summed E-state index contributed by atoms with van der Waals surface area (Å²) in [5.41, 5.74) is 1.07. The molecule has 0 spiro atoms. The van der Waals surface area contributed by atoms with Crippen molar-refractivity contribution in [1.29, 1.82) is 0 Å². The first-order valence-electron chi connectivity index (χ1n) is 8.23. The van der Waals surface area contributed by atoms with E-state index in [-0.39, 0.29) is 17.2 Å². The van der Waals surface area contributed by atoms with Crippen LogP contribution in [0.5, 0.6) is 5.75 Å². The first kappa shape index (κ1) is 17.9. The molecule has 0 bridgehead atoms. The van der Waals surface area contributed by atoms with Crippen LogP contribution in [0.4, 0.5) is 5.69 Å². The zero-order valence-electron chi connectivity index (χ0n) is 14.7. The van der Waals surface area contributed by atoms with E-state index in [1.54, 1.807) is 49.6 Å². The van der Waals surface area contributed by atoms with Crippen molar-refractivity contribution < 1.29 is 13.9 Å². The zero-order valence-corrected chi connectivity index (χ0v) is 15.5. The molecule has 0 atom stereocenters. The molecule has 142 valence electrons. The zero-order chi connectivity index (χ0) is 19.5. The number of fused-ring (bicyclic) bond motifs is 1. The summed E-state index contributed by atoms with van der Waals surface area (Å²) in [6.07, 6.45) is 1.53. The highest BCUT2D eigenvalue weighted by Crippen LogP contribution is 2.22. The highest BCUT2D eigenvalue weighted by atomic mass is 32.2. The van der Waals surface area contributed by atoms with Gasteiger partial charge in [-0.15, -0.1) is 5.10 Å². The van der Waals surface area contributed by atoms with Crippen molar-refractivity contribution in [2.45, 2.75) is 5.16 Å². The molecule has 1 amide bonds. The molecule has 0 aliphatic heterocycles. The van der Waals surface area contributed by atoms with Crippen LogP contribution < -0.4 is 15.6 Å². The third-order valence-electron chi connectivity index (χ3n) is 3.84. The Bertz CT molecular complexity index is 1180. The van der Waals surface area contributed by atoms with Crippen LogP contribution in [0.15, 0.2) is 63.1 Å². The summed E-state index contributed by atoms with van der Waals surface area (Å²) >= 11 is 1.15. The Balaban J connectivity index is 1.52. The van der Waals surface area contributed by atoms with Crippen LogP contribution in [0.1, 0.15) is 0 Å². The number of nitrogens with zero attached hydrogens (tertiary/aromatic N) is 3. The first-order chi connectivity index (χ1) is 13.6. The molecule has 9 nitrogen and oxygen atoms in total. The number of anilines is 1. The van der Waals surface area contributed by atoms with E-state index in [2.05, 4.69) is 20.6 Å². The van der Waals surface area contributed by atoms with Gasteiger partial charge in [-0.25, -0.2) is 9.61 Å². The van der Waals surface area contributed by atoms with E-state index in [0.29, 0.717) is 33.6 Å². The lowest BCUT2D eigenvalue weighted by Gasteiger charge is -2.07. The minimum atomic E-state index is -0.379. The number of hydrogen-bond donors (Lipinski definition) is 2. The Morgan fingerprint density at radius 3 is 3.00 bits per heavy atom. The summed E-state index contributed by atoms with van der Waals surface area (Å²) in [5.74, 6) is 1.05. The Kier molecular flexibility index (Phi) is 4.85. The predicted octanol–water partition coefficient (Wildman–Crippen LogP) is 2.42. The number of nitrogens with one attached hydrogen (secondary N) is 2. The molecule has 1 aromatic carbocycles. The number of methoxy groups -OCH3 is 1. The minimum absolute atomic E-state index is 0.0846. The third-order valence-corrected chi connectivity index (χ3v) is 4.76. The molecule has 0 fully saturated rings. The second-order valence-corrected chi connectivity index (χ2v) is 6.65. The molecular weight excluding hydrogens is 382 g/mol. The molecule has 0 saturated carbocycles. The molecular formula is C18H15N5O4S. The molecule has 3 aromatic heterocycles. The van der Waals surface area contributed by atoms with E-state index in [9.17, 15) is 9.59 Å². The van der Waals surface area contributed by atoms with E-state index < -0.39 is 0 Å². The monoisotopic (exact) mass is 397 g/mol. The third kappa shape index (κ3) is 3.62. The number of aromatic nitrogens is 4. The lowest BCUT2D eigenvalue weighted by atomic mass is 10.3. The number of thioether (sulfide) groups is 1. The van der Waals surface area contributed by atoms with Gasteiger partial charge in [0.2, 0.25) is 11.1 Å². The van der Waals surface area contributed by atoms with Gasteiger partial charge in [0.1, 0.15) is 17.0 Å². The molecule has 0 unspecified atom stereocenters. The average Bonchev–Trinajstić information content (AvgIpc) is 3.38. The standard InChI is InChI=1S/C18H15N5O4S/c1-26-12-5-2-4-11(8-12)19-16(24)10-28-18-21-20-17(25)14-9-13(22-23(14)18)15-6-3-7-27-15/h2-9H,10H2,1H3,(H,19,24)(H,20,25). The summed E-state index contributed by atoms with van der Waals surface area (Å²) in [6, 6.07) is 12.2. The number of rotatable bonds is 6. The van der Waals surface area contributed by atoms with E-state index in [1.165, 1.54) is 10.8 Å². The smallest absolute Gasteiger partial charge is 0.290 e. The van der Waals surface area contributed by atoms with Gasteiger partial charge in [0.15, 0.2) is 5.76 Å². The normalized spacial score (nSPS) is 10.9. The van der Waals surface area contributed by atoms with Gasteiger partial charge in [-0.3, -0.25) is 9.59 Å². The Morgan fingerprint density at radius 1 is 1.32 bits per heavy atom. The fourth-order valence-electron chi connectivity index (χ4n) is 2.56. The fraction of sp³-hybridized carbons (Fsp3) is 0.111. The first-order valence-corrected chi connectivity index (χ1v) is 9.21. The molecule has 0 aliphatic carbocycles. The van der Waals surface area contributed by atoms with Crippen LogP contribution in [0.3, 0.4) is 0 Å². The molecule has 0 radical (unpaired) electrons. The van der Waals surface area contributed by atoms with E-state index in [0.717, 1.165) is 11.8 Å². The summed E-state index contributed by atoms with van der Waals surface area (Å²) in [7, 11) is 1.56. The number of amides is 1. The SMILES string of the molecule is COc1cccc(NC(=O)CSc2n[nH]c(=O)c3cc(-c4ccco4)nn23)c1. The van der Waals surface area contributed by atoms with Crippen molar-refractivity contribution in [1.82, 2.24) is 19.8 Å². The van der Waals surface area contributed by atoms with Gasteiger partial charge in [-0.2, -0.15) is 5.10 Å². The molecule has 3 heterocycles. The van der Waals surface area contributed by atoms with Gasteiger partial charge in [-0.1, -0.05) is 17.8 Å². The molecule has 4 rings (SSSR count). The van der Waals surface area contributed by atoms with E-state index >= 15 is 0 Å². The van der Waals surface area contributed by atoms with Crippen LogP contribution in [0.25, 0.3) is 17.0 Å². The topological polar surface area (TPSA) is 115 Å². The van der Waals surface area contributed by atoms with Crippen LogP contribution >= 0.6 is 11.8 Å². The van der Waals surface area contributed by atoms with Gasteiger partial charge >= 0.3 is 0 Å². The van der Waals surface area contributed by atoms with Crippen LogP contribution in [0.2, 0.25) is 0 Å². The van der Waals surface area contributed by atoms with Crippen molar-refractivity contribution >= 4 is 28.9 Å². The highest BCUT2D eigenvalue weighted by molar-refractivity contribution is 7.99. The van der Waals surface area contributed by atoms with Gasteiger partial charge in [-0.05, 0) is 24.3 Å². The number of hydrogen-bond acceptors (Lipinski definition) is 7. The number of aromatic amines is 1. The van der Waals surface area contributed by atoms with Crippen LogP contribution in [-0.4, -0.2) is 38.6 Å². The predicted molar refractivity (Wildman–Crippen MR) is 104 cm³/mol. The Morgan fingerprint density at radius 2 is 2.21 bits per heavy atom. The quantitative estimate of drug-likeness (QED) is 0.480. The van der Waals surface area contributed by atoms with Crippen molar-refractivity contribution in [3.8, 4) is 17.2 Å². The van der Waals surface area contributed by atoms with Gasteiger partial charge in [0, 0.05) is 17.8 Å². The Hall–Kier alpha value is -3.53. The largest absolute Gasteiger partial charge is 0.497 e. The molecule has 10 heteroatoms. The van der Waals surface area contributed by atoms with Crippen LogP contribution in [0, 0.1) is 0 Å². The Labute approximate surface area is 162 Å². The second-order valence-electron chi connectivity index (χ2n) is 5.71. The van der Waals surface area contributed by atoms with Gasteiger partial charge in [0.25, 0.3) is 5.56 Å². The number of H-pyrrole nitrogens is 1. The summed E-state index contributed by atoms with van der Waals surface area (Å²) in [5, 5.41) is 14.0. The molecule has 2 N–H and O–H groups in total. The van der Waals surface area contributed by atoms with Crippen molar-refractivity contribution in [2.24, 2.45) is 0 Å². The van der Waals surface area contributed by atoms with Gasteiger partial charge < -0.3 is 14.5 Å². The fourth-order valence-corrected chi connectivity index (χ4v) is 3.26. The number of carbonyl (C=O) groups is 1. The van der Waals surface area contributed by atoms with E-state index in [4.69, 9.17) is 9.15 Å². The number of carbonyl (C=O) groups excluding carboxylic acids is 1.